The first-order valence-corrected chi connectivity index (χ1v) is 7.65. The summed E-state index contributed by atoms with van der Waals surface area (Å²) in [6, 6.07) is 0. The van der Waals surface area contributed by atoms with Crippen LogP contribution in [-0.2, 0) is 19.1 Å². The van der Waals surface area contributed by atoms with Crippen LogP contribution in [0.2, 0.25) is 0 Å². The molecule has 1 atom stereocenters. The van der Waals surface area contributed by atoms with E-state index in [0.29, 0.717) is 6.42 Å². The first kappa shape index (κ1) is 20.4. The zero-order chi connectivity index (χ0) is 17.0. The number of hydrogen-bond donors (Lipinski definition) is 3. The molecule has 0 fully saturated rings. The van der Waals surface area contributed by atoms with Crippen molar-refractivity contribution >= 4 is 17.9 Å². The zero-order valence-electron chi connectivity index (χ0n) is 13.0. The quantitative estimate of drug-likeness (QED) is 0.350. The molecule has 0 saturated heterocycles. The predicted molar refractivity (Wildman–Crippen MR) is 78.4 cm³/mol. The van der Waals surface area contributed by atoms with Crippen LogP contribution in [-0.4, -0.2) is 45.4 Å². The minimum Gasteiger partial charge on any atom is -0.481 e. The van der Waals surface area contributed by atoms with Crippen molar-refractivity contribution in [1.82, 2.24) is 0 Å². The van der Waals surface area contributed by atoms with Crippen molar-refractivity contribution in [2.75, 3.05) is 6.61 Å². The fourth-order valence-corrected chi connectivity index (χ4v) is 2.00. The van der Waals surface area contributed by atoms with E-state index >= 15 is 0 Å². The smallest absolute Gasteiger partial charge is 0.336 e. The Bertz CT molecular complexity index is 367. The first-order valence-electron chi connectivity index (χ1n) is 7.65. The largest absolute Gasteiger partial charge is 0.481 e. The molecule has 0 bridgehead atoms. The van der Waals surface area contributed by atoms with Crippen LogP contribution in [0.3, 0.4) is 0 Å². The summed E-state index contributed by atoms with van der Waals surface area (Å²) < 4.78 is 4.84. The van der Waals surface area contributed by atoms with E-state index in [4.69, 9.17) is 14.9 Å². The predicted octanol–water partition coefficient (Wildman–Crippen LogP) is 1.96. The number of aliphatic carboxylic acids is 2. The molecule has 0 aromatic rings. The number of carbonyl (C=O) groups is 3. The maximum absolute atomic E-state index is 11.5. The van der Waals surface area contributed by atoms with E-state index in [0.717, 1.165) is 19.3 Å². The molecule has 128 valence electrons. The molecule has 7 heteroatoms. The summed E-state index contributed by atoms with van der Waals surface area (Å²) >= 11 is 0. The van der Waals surface area contributed by atoms with Gasteiger partial charge >= 0.3 is 17.9 Å². The van der Waals surface area contributed by atoms with E-state index < -0.39 is 36.4 Å². The van der Waals surface area contributed by atoms with Crippen molar-refractivity contribution in [3.8, 4) is 0 Å². The zero-order valence-corrected chi connectivity index (χ0v) is 13.0. The lowest BCUT2D eigenvalue weighted by Gasteiger charge is -2.20. The third-order valence-electron chi connectivity index (χ3n) is 3.29. The highest BCUT2D eigenvalue weighted by atomic mass is 16.5. The molecule has 7 nitrogen and oxygen atoms in total. The van der Waals surface area contributed by atoms with Crippen molar-refractivity contribution in [1.29, 1.82) is 0 Å². The summed E-state index contributed by atoms with van der Waals surface area (Å²) in [7, 11) is 0. The Morgan fingerprint density at radius 2 is 1.45 bits per heavy atom. The number of rotatable bonds is 13. The van der Waals surface area contributed by atoms with Gasteiger partial charge in [0.25, 0.3) is 0 Å². The van der Waals surface area contributed by atoms with Gasteiger partial charge in [0.05, 0.1) is 19.4 Å². The summed E-state index contributed by atoms with van der Waals surface area (Å²) in [6.07, 6.45) is 5.44. The van der Waals surface area contributed by atoms with E-state index in [1.165, 1.54) is 19.3 Å². The molecule has 0 saturated carbocycles. The number of ether oxygens (including phenoxy) is 1. The van der Waals surface area contributed by atoms with E-state index in [1.807, 2.05) is 0 Å². The van der Waals surface area contributed by atoms with Gasteiger partial charge in [0, 0.05) is 0 Å². The lowest BCUT2D eigenvalue weighted by Crippen LogP contribution is -2.43. The SMILES string of the molecule is CCCCCCCCCOC(=O)CC(O)(CC(=O)O)C(=O)O. The highest BCUT2D eigenvalue weighted by Crippen LogP contribution is 2.17. The van der Waals surface area contributed by atoms with E-state index in [1.54, 1.807) is 0 Å². The van der Waals surface area contributed by atoms with Crippen molar-refractivity contribution < 1.29 is 34.4 Å². The molecule has 0 heterocycles. The van der Waals surface area contributed by atoms with Crippen LogP contribution in [0.5, 0.6) is 0 Å². The Balaban J connectivity index is 3.92. The summed E-state index contributed by atoms with van der Waals surface area (Å²) in [5.41, 5.74) is -2.62. The van der Waals surface area contributed by atoms with Gasteiger partial charge in [0.2, 0.25) is 0 Å². The highest BCUT2D eigenvalue weighted by Gasteiger charge is 2.41. The number of carbonyl (C=O) groups excluding carboxylic acids is 1. The van der Waals surface area contributed by atoms with Crippen LogP contribution in [0, 0.1) is 0 Å². The number of unbranched alkanes of at least 4 members (excludes halogenated alkanes) is 6. The Labute approximate surface area is 130 Å². The standard InChI is InChI=1S/C15H26O7/c1-2-3-4-5-6-7-8-9-22-13(18)11-15(21,14(19)20)10-12(16)17/h21H,2-11H2,1H3,(H,16,17)(H,19,20). The third kappa shape index (κ3) is 9.33. The topological polar surface area (TPSA) is 121 Å². The molecule has 1 unspecified atom stereocenters. The molecule has 0 aromatic carbocycles. The number of esters is 1. The average Bonchev–Trinajstić information content (AvgIpc) is 2.40. The Kier molecular flexibility index (Phi) is 10.2. The number of carboxylic acid groups (broad SMARTS) is 2. The summed E-state index contributed by atoms with van der Waals surface area (Å²) in [5, 5.41) is 27.1. The number of aliphatic hydroxyl groups is 1. The molecule has 0 amide bonds. The molecule has 0 aromatic heterocycles. The van der Waals surface area contributed by atoms with Crippen LogP contribution in [0.25, 0.3) is 0 Å². The summed E-state index contributed by atoms with van der Waals surface area (Å²) in [6.45, 7) is 2.29. The maximum Gasteiger partial charge on any atom is 0.336 e. The average molecular weight is 318 g/mol. The van der Waals surface area contributed by atoms with Gasteiger partial charge < -0.3 is 20.1 Å². The minimum atomic E-state index is -2.62. The summed E-state index contributed by atoms with van der Waals surface area (Å²) in [4.78, 5) is 32.9. The Morgan fingerprint density at radius 3 is 1.95 bits per heavy atom. The Morgan fingerprint density at radius 1 is 0.909 bits per heavy atom. The molecule has 22 heavy (non-hydrogen) atoms. The van der Waals surface area contributed by atoms with E-state index in [-0.39, 0.29) is 6.61 Å². The van der Waals surface area contributed by atoms with Crippen LogP contribution >= 0.6 is 0 Å². The molecule has 0 aliphatic heterocycles. The number of hydrogen-bond acceptors (Lipinski definition) is 5. The molecule has 3 N–H and O–H groups in total. The second-order valence-corrected chi connectivity index (χ2v) is 5.43. The molecular weight excluding hydrogens is 292 g/mol. The monoisotopic (exact) mass is 318 g/mol. The van der Waals surface area contributed by atoms with Gasteiger partial charge in [-0.3, -0.25) is 9.59 Å². The second-order valence-electron chi connectivity index (χ2n) is 5.43. The van der Waals surface area contributed by atoms with Crippen LogP contribution in [0.1, 0.15) is 64.7 Å². The lowest BCUT2D eigenvalue weighted by molar-refractivity contribution is -0.172. The first-order chi connectivity index (χ1) is 10.3. The Hall–Kier alpha value is -1.63. The molecular formula is C15H26O7. The van der Waals surface area contributed by atoms with Crippen molar-refractivity contribution in [2.24, 2.45) is 0 Å². The molecule has 0 rings (SSSR count). The normalized spacial score (nSPS) is 13.4. The van der Waals surface area contributed by atoms with Crippen LogP contribution in [0.15, 0.2) is 0 Å². The van der Waals surface area contributed by atoms with Gasteiger partial charge in [-0.05, 0) is 6.42 Å². The van der Waals surface area contributed by atoms with Crippen molar-refractivity contribution in [2.45, 2.75) is 70.3 Å². The van der Waals surface area contributed by atoms with E-state index in [2.05, 4.69) is 6.92 Å². The van der Waals surface area contributed by atoms with Gasteiger partial charge in [-0.15, -0.1) is 0 Å². The van der Waals surface area contributed by atoms with Gasteiger partial charge in [-0.1, -0.05) is 45.4 Å². The van der Waals surface area contributed by atoms with Gasteiger partial charge in [-0.2, -0.15) is 0 Å². The summed E-state index contributed by atoms with van der Waals surface area (Å²) in [5.74, 6) is -4.15. The van der Waals surface area contributed by atoms with Crippen molar-refractivity contribution in [3.63, 3.8) is 0 Å². The van der Waals surface area contributed by atoms with Gasteiger partial charge in [-0.25, -0.2) is 4.79 Å². The maximum atomic E-state index is 11.5. The second kappa shape index (κ2) is 11.0. The minimum absolute atomic E-state index is 0.148. The third-order valence-corrected chi connectivity index (χ3v) is 3.29. The highest BCUT2D eigenvalue weighted by molar-refractivity contribution is 5.88. The molecule has 0 aliphatic carbocycles. The fraction of sp³-hybridized carbons (Fsp3) is 0.800. The van der Waals surface area contributed by atoms with E-state index in [9.17, 15) is 19.5 Å². The van der Waals surface area contributed by atoms with Crippen molar-refractivity contribution in [3.05, 3.63) is 0 Å². The van der Waals surface area contributed by atoms with Gasteiger partial charge in [0.1, 0.15) is 0 Å². The van der Waals surface area contributed by atoms with Crippen LogP contribution < -0.4 is 0 Å². The van der Waals surface area contributed by atoms with Crippen LogP contribution in [0.4, 0.5) is 0 Å². The molecule has 0 spiro atoms. The lowest BCUT2D eigenvalue weighted by atomic mass is 9.96. The number of carboxylic acids is 2. The fourth-order valence-electron chi connectivity index (χ4n) is 2.00. The van der Waals surface area contributed by atoms with Gasteiger partial charge in [0.15, 0.2) is 5.60 Å². The molecule has 0 aliphatic rings. The molecule has 0 radical (unpaired) electrons.